The molecule has 0 radical (unpaired) electrons. The fraction of sp³-hybridized carbons (Fsp3) is 0.400. The molecule has 2 atom stereocenters. The molecule has 0 spiro atoms. The van der Waals surface area contributed by atoms with Gasteiger partial charge in [0.25, 0.3) is 5.69 Å². The summed E-state index contributed by atoms with van der Waals surface area (Å²) >= 11 is 0. The van der Waals surface area contributed by atoms with Crippen molar-refractivity contribution in [3.8, 4) is 0 Å². The highest BCUT2D eigenvalue weighted by molar-refractivity contribution is 5.61. The van der Waals surface area contributed by atoms with Crippen molar-refractivity contribution in [2.45, 2.75) is 44.7 Å². The van der Waals surface area contributed by atoms with Crippen molar-refractivity contribution in [1.82, 2.24) is 0 Å². The zero-order valence-corrected chi connectivity index (χ0v) is 13.7. The van der Waals surface area contributed by atoms with E-state index in [1.165, 1.54) is 36.9 Å². The molecule has 1 saturated carbocycles. The first-order valence-corrected chi connectivity index (χ1v) is 8.80. The second-order valence-corrected chi connectivity index (χ2v) is 7.00. The standard InChI is InChI=1S/C20H22N2O2/c23-22(24)18-10-11-20-17(13-18)12-16-8-4-5-9-19(16)21(20)14-15-6-2-1-3-7-15/h1-3,6-7,10-11,13,16,19H,4-5,8-9,12,14H2/t16?,19-/m1/s1. The predicted molar refractivity (Wildman–Crippen MR) is 95.2 cm³/mol. The van der Waals surface area contributed by atoms with Gasteiger partial charge in [-0.25, -0.2) is 0 Å². The Morgan fingerprint density at radius 1 is 1.08 bits per heavy atom. The third kappa shape index (κ3) is 2.77. The monoisotopic (exact) mass is 322 g/mol. The van der Waals surface area contributed by atoms with Gasteiger partial charge in [0.2, 0.25) is 0 Å². The first-order valence-electron chi connectivity index (χ1n) is 8.80. The number of benzene rings is 2. The summed E-state index contributed by atoms with van der Waals surface area (Å²) in [6.45, 7) is 0.882. The summed E-state index contributed by atoms with van der Waals surface area (Å²) in [5.41, 5.74) is 3.84. The highest BCUT2D eigenvalue weighted by Gasteiger charge is 2.36. The average Bonchev–Trinajstić information content (AvgIpc) is 2.62. The van der Waals surface area contributed by atoms with Gasteiger partial charge < -0.3 is 4.90 Å². The summed E-state index contributed by atoms with van der Waals surface area (Å²) in [5.74, 6) is 0.622. The van der Waals surface area contributed by atoms with Gasteiger partial charge in [-0.2, -0.15) is 0 Å². The van der Waals surface area contributed by atoms with E-state index in [2.05, 4.69) is 29.2 Å². The number of hydrogen-bond donors (Lipinski definition) is 0. The van der Waals surface area contributed by atoms with Crippen LogP contribution in [0.3, 0.4) is 0 Å². The molecule has 1 aliphatic carbocycles. The maximum Gasteiger partial charge on any atom is 0.269 e. The first-order chi connectivity index (χ1) is 11.7. The van der Waals surface area contributed by atoms with Gasteiger partial charge in [-0.05, 0) is 42.4 Å². The van der Waals surface area contributed by atoms with Crippen LogP contribution in [-0.2, 0) is 13.0 Å². The third-order valence-electron chi connectivity index (χ3n) is 5.53. The molecule has 2 aromatic rings. The molecule has 2 aromatic carbocycles. The van der Waals surface area contributed by atoms with Crippen LogP contribution in [0.15, 0.2) is 48.5 Å². The second-order valence-electron chi connectivity index (χ2n) is 7.00. The zero-order valence-electron chi connectivity index (χ0n) is 13.7. The van der Waals surface area contributed by atoms with E-state index >= 15 is 0 Å². The molecular formula is C20H22N2O2. The van der Waals surface area contributed by atoms with Crippen LogP contribution in [-0.4, -0.2) is 11.0 Å². The van der Waals surface area contributed by atoms with Crippen LogP contribution in [0.1, 0.15) is 36.8 Å². The minimum Gasteiger partial charge on any atom is -0.364 e. The van der Waals surface area contributed by atoms with Gasteiger partial charge in [-0.15, -0.1) is 0 Å². The molecule has 0 N–H and O–H groups in total. The van der Waals surface area contributed by atoms with Crippen LogP contribution in [0, 0.1) is 16.0 Å². The minimum absolute atomic E-state index is 0.211. The molecule has 1 aliphatic heterocycles. The zero-order chi connectivity index (χ0) is 16.5. The van der Waals surface area contributed by atoms with Gasteiger partial charge in [0.15, 0.2) is 0 Å². The average molecular weight is 322 g/mol. The molecule has 1 unspecified atom stereocenters. The van der Waals surface area contributed by atoms with Crippen molar-refractivity contribution in [1.29, 1.82) is 0 Å². The van der Waals surface area contributed by atoms with Crippen molar-refractivity contribution in [3.05, 3.63) is 69.8 Å². The number of hydrogen-bond acceptors (Lipinski definition) is 3. The lowest BCUT2D eigenvalue weighted by Gasteiger charge is -2.46. The highest BCUT2D eigenvalue weighted by atomic mass is 16.6. The number of rotatable bonds is 3. The maximum atomic E-state index is 11.1. The summed E-state index contributed by atoms with van der Waals surface area (Å²) in [7, 11) is 0. The quantitative estimate of drug-likeness (QED) is 0.607. The van der Waals surface area contributed by atoms with Crippen molar-refractivity contribution in [2.75, 3.05) is 4.90 Å². The van der Waals surface area contributed by atoms with Gasteiger partial charge in [-0.3, -0.25) is 10.1 Å². The number of nitro groups is 1. The van der Waals surface area contributed by atoms with Crippen LogP contribution < -0.4 is 4.90 Å². The fourth-order valence-corrected chi connectivity index (χ4v) is 4.41. The maximum absolute atomic E-state index is 11.1. The number of nitrogens with zero attached hydrogens (tertiary/aromatic N) is 2. The van der Waals surface area contributed by atoms with Gasteiger partial charge >= 0.3 is 0 Å². The van der Waals surface area contributed by atoms with Crippen molar-refractivity contribution in [3.63, 3.8) is 0 Å². The third-order valence-corrected chi connectivity index (χ3v) is 5.53. The van der Waals surface area contributed by atoms with Crippen molar-refractivity contribution in [2.24, 2.45) is 5.92 Å². The van der Waals surface area contributed by atoms with Crippen LogP contribution in [0.4, 0.5) is 11.4 Å². The molecule has 0 amide bonds. The van der Waals surface area contributed by atoms with Crippen molar-refractivity contribution >= 4 is 11.4 Å². The molecule has 24 heavy (non-hydrogen) atoms. The Kier molecular flexibility index (Phi) is 3.97. The molecule has 4 heteroatoms. The van der Waals surface area contributed by atoms with Gasteiger partial charge in [0, 0.05) is 30.4 Å². The van der Waals surface area contributed by atoms with E-state index in [0.29, 0.717) is 12.0 Å². The smallest absolute Gasteiger partial charge is 0.269 e. The largest absolute Gasteiger partial charge is 0.364 e. The number of fused-ring (bicyclic) bond motifs is 2. The molecule has 0 saturated heterocycles. The molecule has 4 nitrogen and oxygen atoms in total. The SMILES string of the molecule is O=[N+]([O-])c1ccc2c(c1)CC1CCCC[C@H]1N2Cc1ccccc1. The molecular weight excluding hydrogens is 300 g/mol. The van der Waals surface area contributed by atoms with E-state index in [0.717, 1.165) is 18.5 Å². The molecule has 2 aliphatic rings. The Morgan fingerprint density at radius 3 is 2.67 bits per heavy atom. The number of non-ortho nitro benzene ring substituents is 1. The number of anilines is 1. The van der Waals surface area contributed by atoms with E-state index in [1.807, 2.05) is 12.1 Å². The topological polar surface area (TPSA) is 46.4 Å². The molecule has 1 fully saturated rings. The van der Waals surface area contributed by atoms with Gasteiger partial charge in [0.1, 0.15) is 0 Å². The molecule has 0 aromatic heterocycles. The first kappa shape index (κ1) is 15.2. The minimum atomic E-state index is -0.283. The summed E-state index contributed by atoms with van der Waals surface area (Å²) in [6.07, 6.45) is 6.01. The highest BCUT2D eigenvalue weighted by Crippen LogP contribution is 2.42. The summed E-state index contributed by atoms with van der Waals surface area (Å²) < 4.78 is 0. The van der Waals surface area contributed by atoms with E-state index in [4.69, 9.17) is 0 Å². The Bertz CT molecular complexity index is 745. The lowest BCUT2D eigenvalue weighted by molar-refractivity contribution is -0.384. The summed E-state index contributed by atoms with van der Waals surface area (Å²) in [6, 6.07) is 16.5. The van der Waals surface area contributed by atoms with Crippen molar-refractivity contribution < 1.29 is 4.92 Å². The van der Waals surface area contributed by atoms with Crippen LogP contribution in [0.2, 0.25) is 0 Å². The lowest BCUT2D eigenvalue weighted by Crippen LogP contribution is -2.46. The number of nitro benzene ring substituents is 1. The Balaban J connectivity index is 1.73. The summed E-state index contributed by atoms with van der Waals surface area (Å²) in [4.78, 5) is 13.4. The van der Waals surface area contributed by atoms with Crippen LogP contribution in [0.5, 0.6) is 0 Å². The van der Waals surface area contributed by atoms with Crippen LogP contribution >= 0.6 is 0 Å². The van der Waals surface area contributed by atoms with E-state index in [1.54, 1.807) is 12.1 Å². The van der Waals surface area contributed by atoms with E-state index < -0.39 is 0 Å². The molecule has 4 rings (SSSR count). The fourth-order valence-electron chi connectivity index (χ4n) is 4.41. The second kappa shape index (κ2) is 6.27. The molecule has 124 valence electrons. The van der Waals surface area contributed by atoms with E-state index in [-0.39, 0.29) is 10.6 Å². The summed E-state index contributed by atoms with van der Waals surface area (Å²) in [5, 5.41) is 11.1. The molecule has 0 bridgehead atoms. The Labute approximate surface area is 142 Å². The van der Waals surface area contributed by atoms with Gasteiger partial charge in [-0.1, -0.05) is 43.2 Å². The molecule has 1 heterocycles. The Morgan fingerprint density at radius 2 is 1.88 bits per heavy atom. The van der Waals surface area contributed by atoms with Gasteiger partial charge in [0.05, 0.1) is 4.92 Å². The predicted octanol–water partition coefficient (Wildman–Crippen LogP) is 4.72. The lowest BCUT2D eigenvalue weighted by atomic mass is 9.76. The van der Waals surface area contributed by atoms with Crippen LogP contribution in [0.25, 0.3) is 0 Å². The normalized spacial score (nSPS) is 22.6. The van der Waals surface area contributed by atoms with E-state index in [9.17, 15) is 10.1 Å². The Hall–Kier alpha value is -2.36.